The molecule has 1 aromatic heterocycles. The van der Waals surface area contributed by atoms with Gasteiger partial charge < -0.3 is 14.4 Å². The molecule has 3 rings (SSSR count). The van der Waals surface area contributed by atoms with Crippen molar-refractivity contribution in [1.29, 1.82) is 0 Å². The Morgan fingerprint density at radius 2 is 1.82 bits per heavy atom. The van der Waals surface area contributed by atoms with Crippen LogP contribution in [0.15, 0.2) is 34.8 Å². The average molecular weight is 513 g/mol. The van der Waals surface area contributed by atoms with Gasteiger partial charge in [0, 0.05) is 27.7 Å². The Hall–Kier alpha value is -0.950. The van der Waals surface area contributed by atoms with E-state index in [9.17, 15) is 13.3 Å². The number of nitrogens with zero attached hydrogens (tertiary/aromatic N) is 1. The Labute approximate surface area is 178 Å². The van der Waals surface area contributed by atoms with E-state index >= 15 is 0 Å². The third kappa shape index (κ3) is 3.53. The summed E-state index contributed by atoms with van der Waals surface area (Å²) in [7, 11) is -5.65. The first-order valence-corrected chi connectivity index (χ1v) is 11.2. The Morgan fingerprint density at radius 1 is 1.18 bits per heavy atom. The lowest BCUT2D eigenvalue weighted by Crippen LogP contribution is -2.15. The van der Waals surface area contributed by atoms with Crippen LogP contribution < -0.4 is 0 Å². The molecule has 2 N–H and O–H groups in total. The molecule has 1 heterocycles. The minimum atomic E-state index is -5.65. The van der Waals surface area contributed by atoms with Crippen LogP contribution in [0.5, 0.6) is 0 Å². The van der Waals surface area contributed by atoms with Crippen molar-refractivity contribution in [3.63, 3.8) is 0 Å². The predicted molar refractivity (Wildman–Crippen MR) is 111 cm³/mol. The summed E-state index contributed by atoms with van der Waals surface area (Å²) >= 11 is 15.6. The van der Waals surface area contributed by atoms with E-state index in [4.69, 9.17) is 33.0 Å². The molecule has 150 valence electrons. The highest BCUT2D eigenvalue weighted by Gasteiger charge is 2.51. The Bertz CT molecular complexity index is 1140. The van der Waals surface area contributed by atoms with Gasteiger partial charge in [0.05, 0.1) is 15.6 Å². The molecular weight excluding hydrogens is 498 g/mol. The number of fused-ring (bicyclic) bond motifs is 1. The van der Waals surface area contributed by atoms with Crippen LogP contribution in [0.3, 0.4) is 0 Å². The maximum atomic E-state index is 14.0. The third-order valence-corrected chi connectivity index (χ3v) is 7.18. The van der Waals surface area contributed by atoms with Crippen molar-refractivity contribution in [1.82, 2.24) is 4.57 Å². The second kappa shape index (κ2) is 7.38. The molecule has 0 saturated heterocycles. The Balaban J connectivity index is 2.09. The van der Waals surface area contributed by atoms with Gasteiger partial charge in [-0.3, -0.25) is 4.57 Å². The zero-order valence-corrected chi connectivity index (χ0v) is 18.7. The summed E-state index contributed by atoms with van der Waals surface area (Å²) in [5, 5.41) is 1.75. The largest absolute Gasteiger partial charge is 0.399 e. The van der Waals surface area contributed by atoms with Crippen LogP contribution in [0.4, 0.5) is 8.78 Å². The number of alkyl halides is 2. The molecule has 0 aliphatic heterocycles. The molecule has 2 aromatic carbocycles. The molecule has 0 amide bonds. The minimum Gasteiger partial charge on any atom is -0.339 e. The molecule has 0 unspecified atom stereocenters. The van der Waals surface area contributed by atoms with Gasteiger partial charge in [-0.2, -0.15) is 8.78 Å². The predicted octanol–water partition coefficient (Wildman–Crippen LogP) is 6.60. The average Bonchev–Trinajstić information content (AvgIpc) is 2.82. The minimum absolute atomic E-state index is 0.0895. The lowest BCUT2D eigenvalue weighted by atomic mass is 10.1. The summed E-state index contributed by atoms with van der Waals surface area (Å²) in [5.41, 5.74) is -1.69. The summed E-state index contributed by atoms with van der Waals surface area (Å²) in [5.74, 6) is 0. The molecule has 0 radical (unpaired) electrons. The van der Waals surface area contributed by atoms with Crippen molar-refractivity contribution in [2.24, 2.45) is 0 Å². The highest BCUT2D eigenvalue weighted by molar-refractivity contribution is 9.10. The molecular formula is C18H15BrCl2F2NO3P. The number of aromatic nitrogens is 1. The highest BCUT2D eigenvalue weighted by atomic mass is 79.9. The molecule has 10 heteroatoms. The molecule has 0 aliphatic rings. The van der Waals surface area contributed by atoms with E-state index in [1.165, 1.54) is 12.1 Å². The van der Waals surface area contributed by atoms with Gasteiger partial charge in [-0.05, 0) is 37.1 Å². The maximum Gasteiger partial charge on any atom is 0.399 e. The molecule has 3 aromatic rings. The first kappa shape index (κ1) is 21.8. The van der Waals surface area contributed by atoms with Crippen LogP contribution in [-0.2, 0) is 16.8 Å². The van der Waals surface area contributed by atoms with E-state index in [-0.39, 0.29) is 4.47 Å². The summed E-state index contributed by atoms with van der Waals surface area (Å²) < 4.78 is 41.0. The zero-order chi connectivity index (χ0) is 21.0. The van der Waals surface area contributed by atoms with E-state index in [0.29, 0.717) is 22.2 Å². The molecule has 0 saturated carbocycles. The van der Waals surface area contributed by atoms with Crippen molar-refractivity contribution in [2.45, 2.75) is 26.1 Å². The molecule has 28 heavy (non-hydrogen) atoms. The van der Waals surface area contributed by atoms with Gasteiger partial charge in [-0.15, -0.1) is 0 Å². The molecule has 0 bridgehead atoms. The van der Waals surface area contributed by atoms with Crippen molar-refractivity contribution in [2.75, 3.05) is 0 Å². The second-order valence-corrected chi connectivity index (χ2v) is 9.74. The van der Waals surface area contributed by atoms with Crippen LogP contribution in [-0.4, -0.2) is 14.4 Å². The third-order valence-electron chi connectivity index (χ3n) is 4.75. The van der Waals surface area contributed by atoms with Crippen molar-refractivity contribution < 1.29 is 23.1 Å². The number of rotatable bonds is 4. The monoisotopic (exact) mass is 511 g/mol. The smallest absolute Gasteiger partial charge is 0.339 e. The van der Waals surface area contributed by atoms with Gasteiger partial charge in [-0.25, -0.2) is 0 Å². The van der Waals surface area contributed by atoms with Crippen molar-refractivity contribution >= 4 is 57.6 Å². The van der Waals surface area contributed by atoms with Gasteiger partial charge in [0.25, 0.3) is 0 Å². The number of aryl methyl sites for hydroxylation is 1. The van der Waals surface area contributed by atoms with E-state index in [1.807, 2.05) is 24.5 Å². The maximum absolute atomic E-state index is 14.0. The second-order valence-electron chi connectivity index (χ2n) is 6.45. The fraction of sp³-hybridized carbons (Fsp3) is 0.222. The number of hydrogen-bond acceptors (Lipinski definition) is 1. The van der Waals surface area contributed by atoms with Crippen molar-refractivity contribution in [3.05, 3.63) is 67.2 Å². The molecule has 0 aliphatic carbocycles. The van der Waals surface area contributed by atoms with Crippen LogP contribution in [0.1, 0.15) is 22.4 Å². The van der Waals surface area contributed by atoms with Crippen LogP contribution in [0.25, 0.3) is 10.9 Å². The fourth-order valence-electron chi connectivity index (χ4n) is 3.11. The standard InChI is InChI=1S/C18H15BrCl2F2NO3P/c1-9-10(2)24(17-12(9)4-6-15(20)16(17)21)8-11-3-5-13(14(19)7-11)18(22,23)28(25,26)27/h3-7H,8H2,1-2H3,(H2,25,26,27). The summed E-state index contributed by atoms with van der Waals surface area (Å²) in [6.07, 6.45) is 0. The SMILES string of the molecule is Cc1c(C)n(Cc2ccc(C(F)(F)P(=O)(O)O)c(Br)c2)c2c(Cl)c(Cl)ccc12. The van der Waals surface area contributed by atoms with Gasteiger partial charge in [0.15, 0.2) is 0 Å². The van der Waals surface area contributed by atoms with Crippen molar-refractivity contribution in [3.8, 4) is 0 Å². The first-order chi connectivity index (χ1) is 12.9. The van der Waals surface area contributed by atoms with E-state index in [0.717, 1.165) is 28.2 Å². The number of hydrogen-bond donors (Lipinski definition) is 2. The summed E-state index contributed by atoms with van der Waals surface area (Å²) in [4.78, 5) is 17.9. The Kier molecular flexibility index (Phi) is 5.74. The van der Waals surface area contributed by atoms with E-state index in [1.54, 1.807) is 6.07 Å². The van der Waals surface area contributed by atoms with Crippen LogP contribution in [0.2, 0.25) is 10.0 Å². The van der Waals surface area contributed by atoms with Gasteiger partial charge in [0.1, 0.15) is 0 Å². The highest BCUT2D eigenvalue weighted by Crippen LogP contribution is 2.60. The molecule has 0 spiro atoms. The molecule has 0 atom stereocenters. The summed E-state index contributed by atoms with van der Waals surface area (Å²) in [6, 6.07) is 7.43. The number of benzene rings is 2. The quantitative estimate of drug-likeness (QED) is 0.387. The zero-order valence-electron chi connectivity index (χ0n) is 14.7. The van der Waals surface area contributed by atoms with Gasteiger partial charge in [0.2, 0.25) is 0 Å². The molecule has 4 nitrogen and oxygen atoms in total. The lowest BCUT2D eigenvalue weighted by Gasteiger charge is -2.20. The summed E-state index contributed by atoms with van der Waals surface area (Å²) in [6.45, 7) is 4.19. The van der Waals surface area contributed by atoms with E-state index in [2.05, 4.69) is 15.9 Å². The van der Waals surface area contributed by atoms with Crippen LogP contribution >= 0.6 is 46.7 Å². The normalized spacial score (nSPS) is 12.8. The first-order valence-electron chi connectivity index (χ1n) is 8.02. The van der Waals surface area contributed by atoms with Crippen LogP contribution in [0, 0.1) is 13.8 Å². The topological polar surface area (TPSA) is 62.5 Å². The number of halogens is 5. The van der Waals surface area contributed by atoms with Gasteiger partial charge >= 0.3 is 13.3 Å². The molecule has 0 fully saturated rings. The van der Waals surface area contributed by atoms with E-state index < -0.39 is 18.8 Å². The lowest BCUT2D eigenvalue weighted by molar-refractivity contribution is 0.0557. The Morgan fingerprint density at radius 3 is 2.39 bits per heavy atom. The van der Waals surface area contributed by atoms with Gasteiger partial charge in [-0.1, -0.05) is 57.3 Å². The fourth-order valence-corrected chi connectivity index (χ4v) is 4.87.